The summed E-state index contributed by atoms with van der Waals surface area (Å²) < 4.78 is 13.5. The fourth-order valence-electron chi connectivity index (χ4n) is 3.35. The smallest absolute Gasteiger partial charge is 0.207 e. The maximum atomic E-state index is 9.27. The molecule has 0 unspecified atom stereocenters. The second-order valence-electron chi connectivity index (χ2n) is 7.53. The van der Waals surface area contributed by atoms with Gasteiger partial charge in [-0.15, -0.1) is 11.3 Å². The summed E-state index contributed by atoms with van der Waals surface area (Å²) in [6.45, 7) is 8.61. The highest BCUT2D eigenvalue weighted by Gasteiger charge is 2.32. The number of thiazole rings is 1. The number of rotatable bonds is 5. The average molecular weight is 433 g/mol. The maximum absolute atomic E-state index is 9.27. The molecule has 0 radical (unpaired) electrons. The lowest BCUT2D eigenvalue weighted by Crippen LogP contribution is -2.30. The van der Waals surface area contributed by atoms with Crippen molar-refractivity contribution in [2.45, 2.75) is 52.2 Å². The zero-order chi connectivity index (χ0) is 21.0. The molecule has 0 atom stereocenters. The first kappa shape index (κ1) is 21.6. The van der Waals surface area contributed by atoms with Gasteiger partial charge in [-0.05, 0) is 24.6 Å². The molecule has 0 spiro atoms. The SMILES string of the molecule is CCCCn1c2c(s/c1=N\C(=NC#N)c1cc(Cl)ccc1OC)C(C)(C)COC2. The number of hydrogen-bond donors (Lipinski definition) is 0. The van der Waals surface area contributed by atoms with E-state index in [9.17, 15) is 5.26 Å². The van der Waals surface area contributed by atoms with E-state index in [4.69, 9.17) is 26.1 Å². The highest BCUT2D eigenvalue weighted by molar-refractivity contribution is 7.09. The van der Waals surface area contributed by atoms with Crippen molar-refractivity contribution >= 4 is 28.8 Å². The molecule has 29 heavy (non-hydrogen) atoms. The van der Waals surface area contributed by atoms with Gasteiger partial charge < -0.3 is 14.0 Å². The van der Waals surface area contributed by atoms with Crippen LogP contribution in [-0.2, 0) is 23.3 Å². The van der Waals surface area contributed by atoms with Gasteiger partial charge in [0.2, 0.25) is 6.19 Å². The molecule has 1 aliphatic rings. The number of methoxy groups -OCH3 is 1. The van der Waals surface area contributed by atoms with E-state index in [0.29, 0.717) is 29.5 Å². The minimum Gasteiger partial charge on any atom is -0.496 e. The Morgan fingerprint density at radius 1 is 1.45 bits per heavy atom. The third kappa shape index (κ3) is 4.55. The molecule has 0 amide bonds. The molecule has 0 bridgehead atoms. The number of unbranched alkanes of at least 4 members (excludes halogenated alkanes) is 1. The van der Waals surface area contributed by atoms with E-state index in [0.717, 1.165) is 29.9 Å². The molecule has 154 valence electrons. The Balaban J connectivity index is 2.22. The lowest BCUT2D eigenvalue weighted by atomic mass is 9.90. The molecule has 0 N–H and O–H groups in total. The Labute approximate surface area is 180 Å². The van der Waals surface area contributed by atoms with Crippen LogP contribution in [0.15, 0.2) is 28.2 Å². The number of hydrogen-bond acceptors (Lipinski definition) is 5. The van der Waals surface area contributed by atoms with Crippen LogP contribution >= 0.6 is 22.9 Å². The van der Waals surface area contributed by atoms with Crippen LogP contribution in [0.3, 0.4) is 0 Å². The van der Waals surface area contributed by atoms with Crippen molar-refractivity contribution in [2.75, 3.05) is 13.7 Å². The largest absolute Gasteiger partial charge is 0.496 e. The minimum absolute atomic E-state index is 0.0831. The number of halogens is 1. The van der Waals surface area contributed by atoms with Gasteiger partial charge in [0.15, 0.2) is 10.6 Å². The first-order valence-electron chi connectivity index (χ1n) is 9.57. The van der Waals surface area contributed by atoms with E-state index in [1.54, 1.807) is 36.6 Å². The van der Waals surface area contributed by atoms with Crippen molar-refractivity contribution in [3.8, 4) is 11.9 Å². The van der Waals surface area contributed by atoms with Crippen LogP contribution in [0.1, 0.15) is 49.7 Å². The van der Waals surface area contributed by atoms with Crippen LogP contribution in [0.2, 0.25) is 5.02 Å². The highest BCUT2D eigenvalue weighted by Crippen LogP contribution is 2.34. The normalized spacial score (nSPS) is 16.4. The fraction of sp³-hybridized carbons (Fsp3) is 0.476. The van der Waals surface area contributed by atoms with Crippen molar-refractivity contribution in [2.24, 2.45) is 9.98 Å². The summed E-state index contributed by atoms with van der Waals surface area (Å²) >= 11 is 7.82. The molecular weight excluding hydrogens is 408 g/mol. The van der Waals surface area contributed by atoms with E-state index in [1.807, 2.05) is 6.19 Å². The molecule has 1 aromatic heterocycles. The number of aromatic nitrogens is 1. The first-order chi connectivity index (χ1) is 13.9. The van der Waals surface area contributed by atoms with Crippen molar-refractivity contribution in [3.05, 3.63) is 44.2 Å². The van der Waals surface area contributed by atoms with E-state index in [2.05, 4.69) is 30.3 Å². The zero-order valence-electron chi connectivity index (χ0n) is 17.2. The van der Waals surface area contributed by atoms with Gasteiger partial charge in [0.05, 0.1) is 31.6 Å². The Morgan fingerprint density at radius 3 is 2.93 bits per heavy atom. The van der Waals surface area contributed by atoms with E-state index < -0.39 is 0 Å². The number of fused-ring (bicyclic) bond motifs is 1. The molecule has 0 saturated carbocycles. The van der Waals surface area contributed by atoms with Crippen LogP contribution in [0, 0.1) is 11.5 Å². The van der Waals surface area contributed by atoms with Gasteiger partial charge in [0.1, 0.15) is 5.75 Å². The molecule has 0 saturated heterocycles. The highest BCUT2D eigenvalue weighted by atomic mass is 35.5. The topological polar surface area (TPSA) is 71.9 Å². The molecule has 6 nitrogen and oxygen atoms in total. The molecule has 1 aliphatic heterocycles. The third-order valence-electron chi connectivity index (χ3n) is 4.82. The van der Waals surface area contributed by atoms with Crippen LogP contribution in [-0.4, -0.2) is 24.1 Å². The average Bonchev–Trinajstić information content (AvgIpc) is 3.04. The number of amidine groups is 1. The minimum atomic E-state index is -0.0831. The summed E-state index contributed by atoms with van der Waals surface area (Å²) in [6.07, 6.45) is 3.97. The predicted molar refractivity (Wildman–Crippen MR) is 116 cm³/mol. The van der Waals surface area contributed by atoms with Gasteiger partial charge in [-0.1, -0.05) is 38.8 Å². The molecule has 2 aromatic rings. The van der Waals surface area contributed by atoms with Crippen molar-refractivity contribution in [1.82, 2.24) is 4.57 Å². The summed E-state index contributed by atoms with van der Waals surface area (Å²) in [6, 6.07) is 5.21. The molecule has 8 heteroatoms. The van der Waals surface area contributed by atoms with Gasteiger partial charge in [0, 0.05) is 21.9 Å². The van der Waals surface area contributed by atoms with E-state index in [-0.39, 0.29) is 11.3 Å². The lowest BCUT2D eigenvalue weighted by molar-refractivity contribution is 0.0607. The Morgan fingerprint density at radius 2 is 2.24 bits per heavy atom. The van der Waals surface area contributed by atoms with E-state index in [1.165, 1.54) is 4.88 Å². The second-order valence-corrected chi connectivity index (χ2v) is 8.95. The summed E-state index contributed by atoms with van der Waals surface area (Å²) in [5, 5.41) is 9.80. The van der Waals surface area contributed by atoms with Gasteiger partial charge in [-0.3, -0.25) is 0 Å². The van der Waals surface area contributed by atoms with Crippen LogP contribution < -0.4 is 9.54 Å². The molecule has 1 aromatic carbocycles. The van der Waals surface area contributed by atoms with Crippen molar-refractivity contribution < 1.29 is 9.47 Å². The van der Waals surface area contributed by atoms with Crippen molar-refractivity contribution in [1.29, 1.82) is 5.26 Å². The zero-order valence-corrected chi connectivity index (χ0v) is 18.7. The van der Waals surface area contributed by atoms with Gasteiger partial charge in [0.25, 0.3) is 0 Å². The van der Waals surface area contributed by atoms with E-state index >= 15 is 0 Å². The molecule has 0 aliphatic carbocycles. The van der Waals surface area contributed by atoms with Gasteiger partial charge in [-0.25, -0.2) is 0 Å². The third-order valence-corrected chi connectivity index (χ3v) is 6.55. The summed E-state index contributed by atoms with van der Waals surface area (Å²) in [7, 11) is 1.57. The summed E-state index contributed by atoms with van der Waals surface area (Å²) in [5.74, 6) is 0.853. The van der Waals surface area contributed by atoms with Crippen LogP contribution in [0.5, 0.6) is 5.75 Å². The second kappa shape index (κ2) is 9.12. The number of ether oxygens (including phenoxy) is 2. The lowest BCUT2D eigenvalue weighted by Gasteiger charge is -2.29. The quantitative estimate of drug-likeness (QED) is 0.392. The van der Waals surface area contributed by atoms with Crippen molar-refractivity contribution in [3.63, 3.8) is 0 Å². The predicted octanol–water partition coefficient (Wildman–Crippen LogP) is 4.65. The Kier molecular flexibility index (Phi) is 6.78. The maximum Gasteiger partial charge on any atom is 0.207 e. The van der Waals surface area contributed by atoms with Gasteiger partial charge in [-0.2, -0.15) is 15.2 Å². The molecular formula is C21H25ClN4O2S. The van der Waals surface area contributed by atoms with Crippen LogP contribution in [0.25, 0.3) is 0 Å². The van der Waals surface area contributed by atoms with Crippen LogP contribution in [0.4, 0.5) is 0 Å². The number of aliphatic imine (C=N–C) groups is 1. The number of nitriles is 1. The summed E-state index contributed by atoms with van der Waals surface area (Å²) in [5.41, 5.74) is 1.67. The first-order valence-corrected chi connectivity index (χ1v) is 10.8. The standard InChI is InChI=1S/C21H25ClN4O2S/c1-5-6-9-26-16-11-28-12-21(2,3)18(16)29-20(26)25-19(24-13-23)15-10-14(22)7-8-17(15)27-4/h7-8,10H,5-6,9,11-12H2,1-4H3/b24-19?,25-20-. The molecule has 0 fully saturated rings. The Bertz CT molecular complexity index is 1030. The fourth-order valence-corrected chi connectivity index (χ4v) is 4.77. The monoisotopic (exact) mass is 432 g/mol. The Hall–Kier alpha value is -2.14. The molecule has 2 heterocycles. The van der Waals surface area contributed by atoms with Gasteiger partial charge >= 0.3 is 0 Å². The number of nitrogens with zero attached hydrogens (tertiary/aromatic N) is 4. The number of benzene rings is 1. The molecule has 3 rings (SSSR count). The summed E-state index contributed by atoms with van der Waals surface area (Å²) in [4.78, 5) is 10.9.